The molecule has 174 valence electrons. The van der Waals surface area contributed by atoms with Crippen LogP contribution in [0.2, 0.25) is 5.02 Å². The van der Waals surface area contributed by atoms with E-state index in [1.165, 1.54) is 12.1 Å². The number of halogens is 2. The van der Waals surface area contributed by atoms with Crippen LogP contribution < -0.4 is 10.8 Å². The standard InChI is InChI=1S/C24H28BClFN3O3/c1-14(2)28-21(31)13-19-22(15-7-8-18(27)17(26)11-15)29-20-12-16(9-10-30(19)20)25-32-23(3,4)24(5,6)33-25/h7-12,14H,13H2,1-6H3,(H,28,31). The molecular formula is C24H28BClFN3O3. The van der Waals surface area contributed by atoms with E-state index in [9.17, 15) is 9.18 Å². The van der Waals surface area contributed by atoms with E-state index < -0.39 is 24.1 Å². The first-order valence-electron chi connectivity index (χ1n) is 11.0. The van der Waals surface area contributed by atoms with Crippen molar-refractivity contribution in [3.8, 4) is 11.3 Å². The number of fused-ring (bicyclic) bond motifs is 1. The zero-order chi connectivity index (χ0) is 24.1. The highest BCUT2D eigenvalue weighted by Gasteiger charge is 2.51. The molecule has 3 aromatic rings. The van der Waals surface area contributed by atoms with Crippen molar-refractivity contribution >= 4 is 35.7 Å². The van der Waals surface area contributed by atoms with E-state index in [0.717, 1.165) is 5.46 Å². The predicted octanol–water partition coefficient (Wildman–Crippen LogP) is 4.16. The molecule has 0 aliphatic carbocycles. The molecule has 0 unspecified atom stereocenters. The molecule has 4 rings (SSSR count). The maximum atomic E-state index is 13.8. The van der Waals surface area contributed by atoms with Gasteiger partial charge >= 0.3 is 7.12 Å². The quantitative estimate of drug-likeness (QED) is 0.568. The minimum Gasteiger partial charge on any atom is -0.399 e. The van der Waals surface area contributed by atoms with Gasteiger partial charge in [0.1, 0.15) is 11.5 Å². The van der Waals surface area contributed by atoms with Gasteiger partial charge in [-0.1, -0.05) is 11.6 Å². The number of nitrogens with one attached hydrogen (secondary N) is 1. The molecule has 6 nitrogen and oxygen atoms in total. The van der Waals surface area contributed by atoms with Gasteiger partial charge in [-0.3, -0.25) is 4.79 Å². The van der Waals surface area contributed by atoms with Gasteiger partial charge in [0.2, 0.25) is 5.91 Å². The zero-order valence-electron chi connectivity index (χ0n) is 19.7. The molecule has 0 atom stereocenters. The number of carbonyl (C=O) groups excluding carboxylic acids is 1. The van der Waals surface area contributed by atoms with Crippen molar-refractivity contribution in [3.05, 3.63) is 53.1 Å². The van der Waals surface area contributed by atoms with Crippen LogP contribution >= 0.6 is 11.6 Å². The van der Waals surface area contributed by atoms with Gasteiger partial charge in [-0.05, 0) is 77.3 Å². The average Bonchev–Trinajstić information content (AvgIpc) is 3.16. The third-order valence-electron chi connectivity index (χ3n) is 6.25. The summed E-state index contributed by atoms with van der Waals surface area (Å²) in [5.41, 5.74) is 2.42. The number of hydrogen-bond acceptors (Lipinski definition) is 4. The average molecular weight is 472 g/mol. The van der Waals surface area contributed by atoms with Gasteiger partial charge in [0.05, 0.1) is 34.0 Å². The van der Waals surface area contributed by atoms with Crippen molar-refractivity contribution in [2.75, 3.05) is 0 Å². The largest absolute Gasteiger partial charge is 0.495 e. The van der Waals surface area contributed by atoms with Gasteiger partial charge in [0.25, 0.3) is 0 Å². The van der Waals surface area contributed by atoms with Gasteiger partial charge < -0.3 is 19.0 Å². The van der Waals surface area contributed by atoms with Gasteiger partial charge in [0, 0.05) is 17.8 Å². The van der Waals surface area contributed by atoms with Crippen LogP contribution in [0, 0.1) is 5.82 Å². The molecule has 33 heavy (non-hydrogen) atoms. The summed E-state index contributed by atoms with van der Waals surface area (Å²) < 4.78 is 28.0. The Labute approximate surface area is 198 Å². The Morgan fingerprint density at radius 3 is 2.45 bits per heavy atom. The number of rotatable bonds is 5. The monoisotopic (exact) mass is 471 g/mol. The molecule has 1 aromatic carbocycles. The Morgan fingerprint density at radius 2 is 1.85 bits per heavy atom. The van der Waals surface area contributed by atoms with E-state index in [0.29, 0.717) is 22.6 Å². The van der Waals surface area contributed by atoms with Crippen molar-refractivity contribution in [3.63, 3.8) is 0 Å². The fourth-order valence-corrected chi connectivity index (χ4v) is 3.99. The fraction of sp³-hybridized carbons (Fsp3) is 0.417. The first-order chi connectivity index (χ1) is 15.4. The first-order valence-corrected chi connectivity index (χ1v) is 11.4. The Morgan fingerprint density at radius 1 is 1.18 bits per heavy atom. The van der Waals surface area contributed by atoms with E-state index in [-0.39, 0.29) is 23.4 Å². The first kappa shape index (κ1) is 23.7. The summed E-state index contributed by atoms with van der Waals surface area (Å²) in [6.45, 7) is 11.8. The molecule has 0 saturated carbocycles. The fourth-order valence-electron chi connectivity index (χ4n) is 3.81. The van der Waals surface area contributed by atoms with E-state index in [1.54, 1.807) is 6.07 Å². The molecule has 1 N–H and O–H groups in total. The van der Waals surface area contributed by atoms with Crippen LogP contribution in [-0.2, 0) is 20.5 Å². The van der Waals surface area contributed by atoms with Crippen LogP contribution in [0.15, 0.2) is 36.5 Å². The number of hydrogen-bond donors (Lipinski definition) is 1. The lowest BCUT2D eigenvalue weighted by Crippen LogP contribution is -2.41. The van der Waals surface area contributed by atoms with Crippen molar-refractivity contribution in [1.82, 2.24) is 14.7 Å². The maximum absolute atomic E-state index is 13.8. The number of amides is 1. The predicted molar refractivity (Wildman–Crippen MR) is 128 cm³/mol. The SMILES string of the molecule is CC(C)NC(=O)Cc1c(-c2ccc(F)c(Cl)c2)nc2cc(B3OC(C)(C)C(C)(C)O3)ccn12. The lowest BCUT2D eigenvalue weighted by Gasteiger charge is -2.32. The second-order valence-corrected chi connectivity index (χ2v) is 10.1. The second-order valence-electron chi connectivity index (χ2n) is 9.71. The third kappa shape index (κ3) is 4.52. The van der Waals surface area contributed by atoms with Crippen molar-refractivity contribution < 1.29 is 18.5 Å². The summed E-state index contributed by atoms with van der Waals surface area (Å²) >= 11 is 6.03. The van der Waals surface area contributed by atoms with Gasteiger partial charge in [0.15, 0.2) is 0 Å². The summed E-state index contributed by atoms with van der Waals surface area (Å²) in [6.07, 6.45) is 1.97. The van der Waals surface area contributed by atoms with Crippen LogP contribution in [0.1, 0.15) is 47.2 Å². The topological polar surface area (TPSA) is 64.9 Å². The van der Waals surface area contributed by atoms with E-state index in [1.807, 2.05) is 64.3 Å². The molecular weight excluding hydrogens is 444 g/mol. The third-order valence-corrected chi connectivity index (χ3v) is 6.53. The minimum absolute atomic E-state index is 0.0000422. The number of benzene rings is 1. The molecule has 0 spiro atoms. The summed E-state index contributed by atoms with van der Waals surface area (Å²) in [4.78, 5) is 17.4. The highest BCUT2D eigenvalue weighted by molar-refractivity contribution is 6.62. The van der Waals surface area contributed by atoms with Crippen LogP contribution in [0.4, 0.5) is 4.39 Å². The highest BCUT2D eigenvalue weighted by Crippen LogP contribution is 2.36. The molecule has 9 heteroatoms. The Kier molecular flexibility index (Phi) is 6.05. The van der Waals surface area contributed by atoms with Crippen LogP contribution in [-0.4, -0.2) is 39.7 Å². The molecule has 1 fully saturated rings. The summed E-state index contributed by atoms with van der Waals surface area (Å²) in [5, 5.41) is 2.91. The van der Waals surface area contributed by atoms with Crippen molar-refractivity contribution in [1.29, 1.82) is 0 Å². The van der Waals surface area contributed by atoms with E-state index >= 15 is 0 Å². The molecule has 3 heterocycles. The number of carbonyl (C=O) groups is 1. The number of pyridine rings is 1. The van der Waals surface area contributed by atoms with Gasteiger partial charge in [-0.15, -0.1) is 0 Å². The highest BCUT2D eigenvalue weighted by atomic mass is 35.5. The molecule has 1 aliphatic rings. The molecule has 0 radical (unpaired) electrons. The summed E-state index contributed by atoms with van der Waals surface area (Å²) in [5.74, 6) is -0.636. The normalized spacial score (nSPS) is 17.2. The number of imidazole rings is 1. The summed E-state index contributed by atoms with van der Waals surface area (Å²) in [7, 11) is -0.534. The van der Waals surface area contributed by atoms with Crippen LogP contribution in [0.25, 0.3) is 16.9 Å². The minimum atomic E-state index is -0.534. The van der Waals surface area contributed by atoms with Crippen molar-refractivity contribution in [2.45, 2.75) is 65.2 Å². The maximum Gasteiger partial charge on any atom is 0.495 e. The Hall–Kier alpha value is -2.42. The lowest BCUT2D eigenvalue weighted by molar-refractivity contribution is -0.120. The zero-order valence-corrected chi connectivity index (χ0v) is 20.5. The number of aromatic nitrogens is 2. The molecule has 0 bridgehead atoms. The lowest BCUT2D eigenvalue weighted by atomic mass is 9.80. The Bertz CT molecular complexity index is 1210. The van der Waals surface area contributed by atoms with Gasteiger partial charge in [-0.2, -0.15) is 0 Å². The van der Waals surface area contributed by atoms with Crippen molar-refractivity contribution in [2.24, 2.45) is 0 Å². The molecule has 1 amide bonds. The summed E-state index contributed by atoms with van der Waals surface area (Å²) in [6, 6.07) is 8.24. The van der Waals surface area contributed by atoms with Crippen LogP contribution in [0.3, 0.4) is 0 Å². The van der Waals surface area contributed by atoms with Gasteiger partial charge in [-0.25, -0.2) is 9.37 Å². The van der Waals surface area contributed by atoms with E-state index in [2.05, 4.69) is 5.32 Å². The molecule has 1 saturated heterocycles. The Balaban J connectivity index is 1.79. The van der Waals surface area contributed by atoms with Crippen LogP contribution in [0.5, 0.6) is 0 Å². The molecule has 1 aliphatic heterocycles. The molecule has 2 aromatic heterocycles. The number of nitrogens with zero attached hydrogens (tertiary/aromatic N) is 2. The second kappa shape index (κ2) is 8.42. The smallest absolute Gasteiger partial charge is 0.399 e. The van der Waals surface area contributed by atoms with E-state index in [4.69, 9.17) is 25.9 Å².